The third-order valence-electron chi connectivity index (χ3n) is 2.29. The molecule has 3 N–H and O–H groups in total. The average Bonchev–Trinajstić information content (AvgIpc) is 2.37. The lowest BCUT2D eigenvalue weighted by Crippen LogP contribution is -2.42. The molecule has 1 rings (SSSR count). The Balaban J connectivity index is 2.73. The highest BCUT2D eigenvalue weighted by Crippen LogP contribution is 2.25. The van der Waals surface area contributed by atoms with Gasteiger partial charge in [-0.3, -0.25) is 10.1 Å². The molecule has 108 valence electrons. The van der Waals surface area contributed by atoms with Gasteiger partial charge in [-0.2, -0.15) is 0 Å². The van der Waals surface area contributed by atoms with Gasteiger partial charge < -0.3 is 15.2 Å². The topological polar surface area (TPSA) is 108 Å². The summed E-state index contributed by atoms with van der Waals surface area (Å²) in [7, 11) is 1.49. The summed E-state index contributed by atoms with van der Waals surface area (Å²) >= 11 is 3.23. The first-order valence-corrected chi connectivity index (χ1v) is 6.29. The fourth-order valence-electron chi connectivity index (χ4n) is 1.30. The fourth-order valence-corrected chi connectivity index (χ4v) is 1.84. The van der Waals surface area contributed by atoms with Crippen molar-refractivity contribution in [3.8, 4) is 5.75 Å². The summed E-state index contributed by atoms with van der Waals surface area (Å²) in [4.78, 5) is 33.7. The molecule has 1 aromatic rings. The van der Waals surface area contributed by atoms with Crippen molar-refractivity contribution in [3.63, 3.8) is 0 Å². The van der Waals surface area contributed by atoms with Gasteiger partial charge in [-0.15, -0.1) is 0 Å². The predicted octanol–water partition coefficient (Wildman–Crippen LogP) is 1.20. The zero-order valence-electron chi connectivity index (χ0n) is 10.8. The Kier molecular flexibility index (Phi) is 5.51. The standard InChI is InChI=1S/C12H13BrN2O5/c1-6(10(16)15-12(14)18)20-11(17)7-3-4-9(19-2)8(13)5-7/h3-6H,1-2H3,(H3,14,15,16,18)/t6-/m1/s1. The number of amides is 3. The summed E-state index contributed by atoms with van der Waals surface area (Å²) in [6.07, 6.45) is -1.14. The van der Waals surface area contributed by atoms with Gasteiger partial charge in [-0.1, -0.05) is 0 Å². The number of nitrogens with one attached hydrogen (secondary N) is 1. The van der Waals surface area contributed by atoms with E-state index >= 15 is 0 Å². The molecule has 0 radical (unpaired) electrons. The van der Waals surface area contributed by atoms with Crippen molar-refractivity contribution in [3.05, 3.63) is 28.2 Å². The molecular weight excluding hydrogens is 332 g/mol. The number of carbonyl (C=O) groups is 3. The number of esters is 1. The second-order valence-electron chi connectivity index (χ2n) is 3.75. The number of hydrogen-bond donors (Lipinski definition) is 2. The normalized spacial score (nSPS) is 11.3. The number of methoxy groups -OCH3 is 1. The van der Waals surface area contributed by atoms with Gasteiger partial charge in [-0.25, -0.2) is 9.59 Å². The van der Waals surface area contributed by atoms with E-state index < -0.39 is 24.0 Å². The number of primary amides is 1. The molecule has 0 saturated carbocycles. The Bertz CT molecular complexity index is 547. The maximum absolute atomic E-state index is 11.8. The van der Waals surface area contributed by atoms with Crippen LogP contribution in [0, 0.1) is 0 Å². The SMILES string of the molecule is COc1ccc(C(=O)O[C@H](C)C(=O)NC(N)=O)cc1Br. The summed E-state index contributed by atoms with van der Waals surface area (Å²) in [6, 6.07) is 3.56. The molecule has 0 aliphatic carbocycles. The lowest BCUT2D eigenvalue weighted by molar-refractivity contribution is -0.127. The van der Waals surface area contributed by atoms with Crippen LogP contribution in [-0.2, 0) is 9.53 Å². The Morgan fingerprint density at radius 3 is 2.50 bits per heavy atom. The molecule has 0 heterocycles. The zero-order chi connectivity index (χ0) is 15.3. The van der Waals surface area contributed by atoms with E-state index in [0.29, 0.717) is 10.2 Å². The van der Waals surface area contributed by atoms with Crippen molar-refractivity contribution in [2.75, 3.05) is 7.11 Å². The van der Waals surface area contributed by atoms with E-state index in [-0.39, 0.29) is 5.56 Å². The van der Waals surface area contributed by atoms with E-state index in [1.807, 2.05) is 5.32 Å². The van der Waals surface area contributed by atoms with Crippen LogP contribution in [0.1, 0.15) is 17.3 Å². The number of benzene rings is 1. The van der Waals surface area contributed by atoms with Gasteiger partial charge in [0.25, 0.3) is 5.91 Å². The Hall–Kier alpha value is -2.09. The molecule has 0 bridgehead atoms. The van der Waals surface area contributed by atoms with Crippen LogP contribution in [0.25, 0.3) is 0 Å². The average molecular weight is 345 g/mol. The van der Waals surface area contributed by atoms with Crippen molar-refractivity contribution < 1.29 is 23.9 Å². The number of halogens is 1. The number of carbonyl (C=O) groups excluding carboxylic acids is 3. The highest BCUT2D eigenvalue weighted by Gasteiger charge is 2.20. The first kappa shape index (κ1) is 16.0. The predicted molar refractivity (Wildman–Crippen MR) is 73.3 cm³/mol. The van der Waals surface area contributed by atoms with Crippen LogP contribution in [0.5, 0.6) is 5.75 Å². The van der Waals surface area contributed by atoms with E-state index in [9.17, 15) is 14.4 Å². The van der Waals surface area contributed by atoms with Gasteiger partial charge in [0.05, 0.1) is 17.1 Å². The Labute approximate surface area is 123 Å². The quantitative estimate of drug-likeness (QED) is 0.797. The van der Waals surface area contributed by atoms with Gasteiger partial charge in [-0.05, 0) is 41.1 Å². The van der Waals surface area contributed by atoms with E-state index in [4.69, 9.17) is 15.2 Å². The molecule has 20 heavy (non-hydrogen) atoms. The number of rotatable bonds is 4. The second-order valence-corrected chi connectivity index (χ2v) is 4.60. The molecule has 1 aromatic carbocycles. The number of hydrogen-bond acceptors (Lipinski definition) is 5. The Morgan fingerprint density at radius 1 is 1.35 bits per heavy atom. The monoisotopic (exact) mass is 344 g/mol. The molecular formula is C12H13BrN2O5. The van der Waals surface area contributed by atoms with Gasteiger partial charge in [0, 0.05) is 0 Å². The van der Waals surface area contributed by atoms with E-state index in [2.05, 4.69) is 15.9 Å². The number of ether oxygens (including phenoxy) is 2. The van der Waals surface area contributed by atoms with Crippen molar-refractivity contribution >= 4 is 33.8 Å². The zero-order valence-corrected chi connectivity index (χ0v) is 12.4. The van der Waals surface area contributed by atoms with E-state index in [1.165, 1.54) is 26.2 Å². The van der Waals surface area contributed by atoms with Crippen LogP contribution in [0.15, 0.2) is 22.7 Å². The minimum absolute atomic E-state index is 0.233. The van der Waals surface area contributed by atoms with Gasteiger partial charge in [0.15, 0.2) is 6.10 Å². The number of urea groups is 1. The van der Waals surface area contributed by atoms with Crippen LogP contribution < -0.4 is 15.8 Å². The minimum Gasteiger partial charge on any atom is -0.496 e. The van der Waals surface area contributed by atoms with Crippen molar-refractivity contribution in [2.45, 2.75) is 13.0 Å². The molecule has 3 amide bonds. The highest BCUT2D eigenvalue weighted by atomic mass is 79.9. The molecule has 1 atom stereocenters. The lowest BCUT2D eigenvalue weighted by Gasteiger charge is -2.12. The molecule has 8 heteroatoms. The molecule has 0 aromatic heterocycles. The van der Waals surface area contributed by atoms with E-state index in [1.54, 1.807) is 6.07 Å². The van der Waals surface area contributed by atoms with Crippen LogP contribution in [0.2, 0.25) is 0 Å². The van der Waals surface area contributed by atoms with Gasteiger partial charge in [0.2, 0.25) is 0 Å². The minimum atomic E-state index is -1.14. The van der Waals surface area contributed by atoms with Gasteiger partial charge in [0.1, 0.15) is 5.75 Å². The smallest absolute Gasteiger partial charge is 0.338 e. The fraction of sp³-hybridized carbons (Fsp3) is 0.250. The van der Waals surface area contributed by atoms with E-state index in [0.717, 1.165) is 0 Å². The maximum atomic E-state index is 11.8. The summed E-state index contributed by atoms with van der Waals surface area (Å²) in [5.41, 5.74) is 5.03. The van der Waals surface area contributed by atoms with Crippen molar-refractivity contribution in [1.82, 2.24) is 5.32 Å². The summed E-state index contributed by atoms with van der Waals surface area (Å²) in [5.74, 6) is -0.944. The summed E-state index contributed by atoms with van der Waals surface area (Å²) in [5, 5.41) is 1.82. The third kappa shape index (κ3) is 4.23. The maximum Gasteiger partial charge on any atom is 0.338 e. The van der Waals surface area contributed by atoms with Crippen LogP contribution in [0.3, 0.4) is 0 Å². The van der Waals surface area contributed by atoms with Crippen molar-refractivity contribution in [1.29, 1.82) is 0 Å². The molecule has 0 aliphatic heterocycles. The first-order chi connectivity index (χ1) is 9.35. The Morgan fingerprint density at radius 2 is 2.00 bits per heavy atom. The first-order valence-electron chi connectivity index (χ1n) is 5.50. The molecule has 7 nitrogen and oxygen atoms in total. The molecule has 0 unspecified atom stereocenters. The molecule has 0 fully saturated rings. The number of nitrogens with two attached hydrogens (primary N) is 1. The number of imide groups is 1. The van der Waals surface area contributed by atoms with Crippen molar-refractivity contribution in [2.24, 2.45) is 5.73 Å². The lowest BCUT2D eigenvalue weighted by atomic mass is 10.2. The second kappa shape index (κ2) is 6.90. The van der Waals surface area contributed by atoms with Crippen LogP contribution in [-0.4, -0.2) is 31.1 Å². The molecule has 0 spiro atoms. The summed E-state index contributed by atoms with van der Waals surface area (Å²) in [6.45, 7) is 1.33. The van der Waals surface area contributed by atoms with Crippen LogP contribution >= 0.6 is 15.9 Å². The highest BCUT2D eigenvalue weighted by molar-refractivity contribution is 9.10. The van der Waals surface area contributed by atoms with Gasteiger partial charge >= 0.3 is 12.0 Å². The molecule has 0 saturated heterocycles. The summed E-state index contributed by atoms with van der Waals surface area (Å²) < 4.78 is 10.5. The largest absolute Gasteiger partial charge is 0.496 e. The van der Waals surface area contributed by atoms with Crippen LogP contribution in [0.4, 0.5) is 4.79 Å². The third-order valence-corrected chi connectivity index (χ3v) is 2.91. The molecule has 0 aliphatic rings.